The molecule has 0 radical (unpaired) electrons. The highest BCUT2D eigenvalue weighted by atomic mass is 79.9. The lowest BCUT2D eigenvalue weighted by Crippen LogP contribution is -2.25. The topological polar surface area (TPSA) is 114 Å². The Kier molecular flexibility index (Phi) is 7.56. The summed E-state index contributed by atoms with van der Waals surface area (Å²) < 4.78 is 29.2. The first-order valence-corrected chi connectivity index (χ1v) is 12.9. The van der Waals surface area contributed by atoms with E-state index < -0.39 is 12.1 Å². The first-order valence-electron chi connectivity index (χ1n) is 12.1. The molecular formula is C29H24BrN3O7. The van der Waals surface area contributed by atoms with Gasteiger partial charge >= 0.3 is 5.97 Å². The van der Waals surface area contributed by atoms with Gasteiger partial charge in [-0.25, -0.2) is 9.78 Å². The van der Waals surface area contributed by atoms with Gasteiger partial charge in [0.2, 0.25) is 5.82 Å². The standard InChI is InChI=1S/C29H24BrN3O7/c1-16(29(35)38-4)39-25-14-20(30)17(12-24(25)37-3)15-31-33-27(32-21-9-6-5-8-18(21)28(33)34)26-13-19-22(36-2)10-7-11-23(19)40-26/h5-16H,1-4H3/t16-/m0/s1. The monoisotopic (exact) mass is 605 g/mol. The minimum Gasteiger partial charge on any atom is -0.496 e. The third-order valence-corrected chi connectivity index (χ3v) is 6.83. The molecule has 0 spiro atoms. The van der Waals surface area contributed by atoms with Crippen molar-refractivity contribution in [2.24, 2.45) is 5.10 Å². The van der Waals surface area contributed by atoms with Gasteiger partial charge in [0.15, 0.2) is 23.4 Å². The van der Waals surface area contributed by atoms with E-state index in [2.05, 4.69) is 21.0 Å². The maximum absolute atomic E-state index is 13.6. The van der Waals surface area contributed by atoms with Gasteiger partial charge in [-0.05, 0) is 65.3 Å². The number of carbonyl (C=O) groups excluding carboxylic acids is 1. The quantitative estimate of drug-likeness (QED) is 0.170. The van der Waals surface area contributed by atoms with E-state index >= 15 is 0 Å². The van der Waals surface area contributed by atoms with E-state index in [1.165, 1.54) is 25.1 Å². The molecule has 0 fully saturated rings. The summed E-state index contributed by atoms with van der Waals surface area (Å²) in [5.41, 5.74) is 1.29. The molecule has 0 aliphatic rings. The van der Waals surface area contributed by atoms with Crippen LogP contribution < -0.4 is 19.8 Å². The van der Waals surface area contributed by atoms with Crippen molar-refractivity contribution in [1.29, 1.82) is 0 Å². The average Bonchev–Trinajstić information content (AvgIpc) is 3.41. The van der Waals surface area contributed by atoms with Crippen LogP contribution in [0.3, 0.4) is 0 Å². The zero-order valence-corrected chi connectivity index (χ0v) is 23.6. The molecule has 0 N–H and O–H groups in total. The third kappa shape index (κ3) is 5.03. The van der Waals surface area contributed by atoms with Gasteiger partial charge in [0.1, 0.15) is 11.3 Å². The molecule has 5 rings (SSSR count). The molecule has 0 aliphatic heterocycles. The van der Waals surface area contributed by atoms with Gasteiger partial charge in [0, 0.05) is 10.0 Å². The van der Waals surface area contributed by atoms with Crippen LogP contribution in [-0.4, -0.2) is 49.3 Å². The average molecular weight is 606 g/mol. The zero-order chi connectivity index (χ0) is 28.4. The van der Waals surface area contributed by atoms with Gasteiger partial charge in [0.25, 0.3) is 5.56 Å². The molecule has 5 aromatic rings. The number of nitrogens with zero attached hydrogens (tertiary/aromatic N) is 3. The Balaban J connectivity index is 1.62. The Morgan fingerprint density at radius 1 is 1.00 bits per heavy atom. The highest BCUT2D eigenvalue weighted by Gasteiger charge is 2.20. The molecule has 3 aromatic carbocycles. The van der Waals surface area contributed by atoms with Crippen molar-refractivity contribution in [3.05, 3.63) is 81.1 Å². The molecule has 0 saturated carbocycles. The fourth-order valence-electron chi connectivity index (χ4n) is 4.14. The van der Waals surface area contributed by atoms with Gasteiger partial charge in [-0.2, -0.15) is 9.78 Å². The predicted molar refractivity (Wildman–Crippen MR) is 154 cm³/mol. The fraction of sp³-hybridized carbons (Fsp3) is 0.172. The Labute approximate surface area is 236 Å². The second kappa shape index (κ2) is 11.2. The number of halogens is 1. The van der Waals surface area contributed by atoms with Crippen LogP contribution in [-0.2, 0) is 9.53 Å². The largest absolute Gasteiger partial charge is 0.496 e. The molecule has 2 heterocycles. The maximum atomic E-state index is 13.6. The minimum absolute atomic E-state index is 0.216. The number of benzene rings is 3. The van der Waals surface area contributed by atoms with Crippen LogP contribution in [0.1, 0.15) is 12.5 Å². The number of hydrogen-bond donors (Lipinski definition) is 0. The molecule has 1 atom stereocenters. The van der Waals surface area contributed by atoms with Crippen molar-refractivity contribution in [3.63, 3.8) is 0 Å². The first kappa shape index (κ1) is 26.9. The van der Waals surface area contributed by atoms with E-state index in [0.29, 0.717) is 49.5 Å². The van der Waals surface area contributed by atoms with Crippen LogP contribution in [0, 0.1) is 0 Å². The molecule has 0 amide bonds. The normalized spacial score (nSPS) is 12.1. The van der Waals surface area contributed by atoms with E-state index in [4.69, 9.17) is 28.3 Å². The summed E-state index contributed by atoms with van der Waals surface area (Å²) in [7, 11) is 4.34. The number of rotatable bonds is 8. The summed E-state index contributed by atoms with van der Waals surface area (Å²) >= 11 is 3.51. The van der Waals surface area contributed by atoms with Crippen LogP contribution in [0.25, 0.3) is 33.5 Å². The second-order valence-corrected chi connectivity index (χ2v) is 9.46. The summed E-state index contributed by atoms with van der Waals surface area (Å²) in [6.45, 7) is 1.57. The molecule has 10 nitrogen and oxygen atoms in total. The number of fused-ring (bicyclic) bond motifs is 2. The third-order valence-electron chi connectivity index (χ3n) is 6.15. The Morgan fingerprint density at radius 2 is 1.77 bits per heavy atom. The van der Waals surface area contributed by atoms with E-state index in [1.807, 2.05) is 24.3 Å². The number of para-hydroxylation sites is 1. The lowest BCUT2D eigenvalue weighted by Gasteiger charge is -2.16. The lowest BCUT2D eigenvalue weighted by atomic mass is 10.2. The lowest BCUT2D eigenvalue weighted by molar-refractivity contribution is -0.147. The number of hydrogen-bond acceptors (Lipinski definition) is 9. The summed E-state index contributed by atoms with van der Waals surface area (Å²) in [6, 6.07) is 17.5. The minimum atomic E-state index is -0.849. The molecular weight excluding hydrogens is 582 g/mol. The Morgan fingerprint density at radius 3 is 2.52 bits per heavy atom. The van der Waals surface area contributed by atoms with Crippen LogP contribution in [0.5, 0.6) is 17.2 Å². The molecule has 2 aromatic heterocycles. The summed E-state index contributed by atoms with van der Waals surface area (Å²) in [5.74, 6) is 1.35. The van der Waals surface area contributed by atoms with Gasteiger partial charge in [-0.3, -0.25) is 4.79 Å². The van der Waals surface area contributed by atoms with Crippen molar-refractivity contribution in [2.75, 3.05) is 21.3 Å². The van der Waals surface area contributed by atoms with Gasteiger partial charge in [0.05, 0.1) is 43.8 Å². The van der Waals surface area contributed by atoms with E-state index in [9.17, 15) is 9.59 Å². The van der Waals surface area contributed by atoms with Crippen molar-refractivity contribution in [1.82, 2.24) is 9.66 Å². The number of furan rings is 1. The Bertz CT molecular complexity index is 1830. The number of carbonyl (C=O) groups is 1. The van der Waals surface area contributed by atoms with Crippen molar-refractivity contribution in [2.45, 2.75) is 13.0 Å². The molecule has 0 saturated heterocycles. The number of esters is 1. The zero-order valence-electron chi connectivity index (χ0n) is 22.0. The van der Waals surface area contributed by atoms with Gasteiger partial charge < -0.3 is 23.4 Å². The summed E-state index contributed by atoms with van der Waals surface area (Å²) in [5, 5.41) is 5.64. The second-order valence-electron chi connectivity index (χ2n) is 8.60. The highest BCUT2D eigenvalue weighted by Crippen LogP contribution is 2.35. The molecule has 0 unspecified atom stereocenters. The first-order chi connectivity index (χ1) is 19.3. The van der Waals surface area contributed by atoms with Crippen molar-refractivity contribution < 1.29 is 28.2 Å². The molecule has 0 bridgehead atoms. The maximum Gasteiger partial charge on any atom is 0.346 e. The Hall–Kier alpha value is -4.64. The number of ether oxygens (including phenoxy) is 4. The molecule has 204 valence electrons. The van der Waals surface area contributed by atoms with Crippen LogP contribution in [0.15, 0.2) is 79.4 Å². The molecule has 40 heavy (non-hydrogen) atoms. The molecule has 0 aliphatic carbocycles. The van der Waals surface area contributed by atoms with Gasteiger partial charge in [-0.15, -0.1) is 0 Å². The van der Waals surface area contributed by atoms with Crippen molar-refractivity contribution >= 4 is 50.0 Å². The van der Waals surface area contributed by atoms with Crippen LogP contribution in [0.4, 0.5) is 0 Å². The van der Waals surface area contributed by atoms with Crippen LogP contribution >= 0.6 is 15.9 Å². The number of methoxy groups -OCH3 is 3. The van der Waals surface area contributed by atoms with Gasteiger partial charge in [-0.1, -0.05) is 18.2 Å². The van der Waals surface area contributed by atoms with E-state index in [0.717, 1.165) is 5.39 Å². The molecule has 11 heteroatoms. The highest BCUT2D eigenvalue weighted by molar-refractivity contribution is 9.10. The number of aromatic nitrogens is 2. The van der Waals surface area contributed by atoms with Crippen molar-refractivity contribution in [3.8, 4) is 28.8 Å². The fourth-order valence-corrected chi connectivity index (χ4v) is 4.56. The predicted octanol–water partition coefficient (Wildman–Crippen LogP) is 5.41. The summed E-state index contributed by atoms with van der Waals surface area (Å²) in [6.07, 6.45) is 0.641. The van der Waals surface area contributed by atoms with Crippen LogP contribution in [0.2, 0.25) is 0 Å². The SMILES string of the molecule is COC(=O)[C@H](C)Oc1cc(Br)c(C=Nn2c(-c3cc4c(OC)cccc4o3)nc3ccccc3c2=O)cc1OC. The van der Waals surface area contributed by atoms with E-state index in [1.54, 1.807) is 50.4 Å². The van der Waals surface area contributed by atoms with E-state index in [-0.39, 0.29) is 11.4 Å². The summed E-state index contributed by atoms with van der Waals surface area (Å²) in [4.78, 5) is 30.1. The smallest absolute Gasteiger partial charge is 0.346 e.